The van der Waals surface area contributed by atoms with Crippen molar-refractivity contribution in [2.75, 3.05) is 13.2 Å². The molecule has 7 nitrogen and oxygen atoms in total. The molecule has 2 saturated carbocycles. The molecule has 3 atom stereocenters. The Bertz CT molecular complexity index is 1480. The lowest BCUT2D eigenvalue weighted by molar-refractivity contribution is -0.118. The molecule has 2 aromatic carbocycles. The normalized spacial score (nSPS) is 22.5. The predicted octanol–water partition coefficient (Wildman–Crippen LogP) is 8.12. The first-order valence-electron chi connectivity index (χ1n) is 17.3. The molecule has 3 N–H and O–H groups in total. The molecule has 266 valence electrons. The minimum absolute atomic E-state index is 0.00109. The average Bonchev–Trinajstić information content (AvgIpc) is 4.06. The Morgan fingerprint density at radius 1 is 1.02 bits per heavy atom. The number of benzene rings is 2. The van der Waals surface area contributed by atoms with Crippen molar-refractivity contribution in [3.63, 3.8) is 0 Å². The summed E-state index contributed by atoms with van der Waals surface area (Å²) in [5.74, 6) is -0.708. The predicted molar refractivity (Wildman–Crippen MR) is 185 cm³/mol. The van der Waals surface area contributed by atoms with Crippen molar-refractivity contribution in [3.8, 4) is 0 Å². The first kappa shape index (κ1) is 37.9. The van der Waals surface area contributed by atoms with Gasteiger partial charge in [-0.3, -0.25) is 9.69 Å². The van der Waals surface area contributed by atoms with E-state index in [1.165, 1.54) is 18.9 Å². The third-order valence-electron chi connectivity index (χ3n) is 8.98. The number of halogens is 3. The molecule has 0 aromatic heterocycles. The fourth-order valence-corrected chi connectivity index (χ4v) is 5.76. The van der Waals surface area contributed by atoms with Crippen molar-refractivity contribution < 1.29 is 32.2 Å². The van der Waals surface area contributed by atoms with Gasteiger partial charge in [-0.25, -0.2) is 4.79 Å². The van der Waals surface area contributed by atoms with E-state index in [-0.39, 0.29) is 44.5 Å². The Hall–Kier alpha value is -3.89. The second kappa shape index (κ2) is 17.2. The van der Waals surface area contributed by atoms with Crippen molar-refractivity contribution >= 4 is 12.0 Å². The number of nitrogens with zero attached hydrogens (tertiary/aromatic N) is 1. The molecule has 3 aliphatic carbocycles. The zero-order valence-corrected chi connectivity index (χ0v) is 29.0. The van der Waals surface area contributed by atoms with Crippen LogP contribution in [0.1, 0.15) is 77.3 Å². The van der Waals surface area contributed by atoms with Crippen LogP contribution in [0.5, 0.6) is 0 Å². The lowest BCUT2D eigenvalue weighted by Gasteiger charge is -2.46. The number of amides is 2. The summed E-state index contributed by atoms with van der Waals surface area (Å²) in [4.78, 5) is 28.5. The van der Waals surface area contributed by atoms with Gasteiger partial charge in [0.1, 0.15) is 6.61 Å². The summed E-state index contributed by atoms with van der Waals surface area (Å²) in [5, 5.41) is 3.00. The molecule has 4 aliphatic rings. The maximum Gasteiger partial charge on any atom is 0.412 e. The van der Waals surface area contributed by atoms with E-state index in [0.29, 0.717) is 17.2 Å². The van der Waals surface area contributed by atoms with Gasteiger partial charge in [0, 0.05) is 29.1 Å². The minimum Gasteiger partial charge on any atom is -0.445 e. The maximum atomic E-state index is 13.9. The minimum atomic E-state index is -4.41. The SMILES string of the molecule is CC.CC1=CC([C@@H](C)OC[C@@]2(c3ccccc3)CC=C(C(=O)NC3CC3)CN2C(=O)OCc2ccccc2)CC(C(F)(F)F)=C1.NC1CC1. The number of ether oxygens (including phenoxy) is 2. The van der Waals surface area contributed by atoms with Gasteiger partial charge in [-0.05, 0) is 63.5 Å². The smallest absolute Gasteiger partial charge is 0.412 e. The first-order valence-corrected chi connectivity index (χ1v) is 17.3. The van der Waals surface area contributed by atoms with E-state index < -0.39 is 35.4 Å². The van der Waals surface area contributed by atoms with Crippen LogP contribution in [0.2, 0.25) is 0 Å². The van der Waals surface area contributed by atoms with Gasteiger partial charge in [0.25, 0.3) is 0 Å². The fraction of sp³-hybridized carbons (Fsp3) is 0.487. The van der Waals surface area contributed by atoms with Crippen LogP contribution in [0.15, 0.2) is 95.6 Å². The topological polar surface area (TPSA) is 93.9 Å². The van der Waals surface area contributed by atoms with Crippen LogP contribution in [-0.2, 0) is 26.4 Å². The number of nitrogens with one attached hydrogen (secondary N) is 1. The number of carbonyl (C=O) groups is 2. The Balaban J connectivity index is 0.000000826. The molecule has 2 amide bonds. The highest BCUT2D eigenvalue weighted by Crippen LogP contribution is 2.41. The van der Waals surface area contributed by atoms with Crippen LogP contribution >= 0.6 is 0 Å². The lowest BCUT2D eigenvalue weighted by atomic mass is 9.81. The van der Waals surface area contributed by atoms with Gasteiger partial charge >= 0.3 is 12.3 Å². The van der Waals surface area contributed by atoms with Crippen LogP contribution in [0.25, 0.3) is 0 Å². The third kappa shape index (κ3) is 10.8. The summed E-state index contributed by atoms with van der Waals surface area (Å²) in [6, 6.07) is 19.4. The molecule has 1 unspecified atom stereocenters. The van der Waals surface area contributed by atoms with Gasteiger partial charge in [-0.2, -0.15) is 13.2 Å². The molecule has 1 heterocycles. The summed E-state index contributed by atoms with van der Waals surface area (Å²) in [7, 11) is 0. The molecular weight excluding hydrogens is 631 g/mol. The molecular formula is C39H50F3N3O4. The standard InChI is InChI=1S/C34H37F3N2O4.C3H7N.C2H6/c1-23-17-27(19-29(18-23)34(35,36)37)24(2)43-22-33(28-11-7-4-8-12-28)16-15-26(31(40)38-30-13-14-30)20-39(33)32(41)42-21-25-9-5-3-6-10-25;4-3-1-2-3;1-2/h3-12,15,17-18,24,27,30H,13-14,16,19-22H2,1-2H3,(H,38,40);3H,1-2,4H2;1-2H3/t24-,27?,33-;;/m1../s1. The maximum absolute atomic E-state index is 13.9. The molecule has 6 rings (SSSR count). The van der Waals surface area contributed by atoms with Crippen molar-refractivity contribution in [1.82, 2.24) is 10.2 Å². The van der Waals surface area contributed by atoms with Crippen molar-refractivity contribution in [1.29, 1.82) is 0 Å². The summed E-state index contributed by atoms with van der Waals surface area (Å²) in [6.07, 6.45) is 3.71. The molecule has 2 fully saturated rings. The van der Waals surface area contributed by atoms with E-state index in [4.69, 9.17) is 15.2 Å². The van der Waals surface area contributed by atoms with Gasteiger partial charge in [-0.1, -0.05) is 98.3 Å². The number of carbonyl (C=O) groups excluding carboxylic acids is 2. The average molecular weight is 682 g/mol. The molecule has 0 saturated heterocycles. The van der Waals surface area contributed by atoms with Crippen LogP contribution in [0, 0.1) is 5.92 Å². The number of rotatable bonds is 9. The lowest BCUT2D eigenvalue weighted by Crippen LogP contribution is -2.56. The Morgan fingerprint density at radius 2 is 1.63 bits per heavy atom. The number of nitrogens with two attached hydrogens (primary N) is 1. The first-order chi connectivity index (χ1) is 23.4. The van der Waals surface area contributed by atoms with Gasteiger partial charge in [0.2, 0.25) is 5.91 Å². The summed E-state index contributed by atoms with van der Waals surface area (Å²) < 4.78 is 53.0. The van der Waals surface area contributed by atoms with E-state index in [2.05, 4.69) is 5.32 Å². The molecule has 0 spiro atoms. The molecule has 10 heteroatoms. The van der Waals surface area contributed by atoms with Crippen molar-refractivity contribution in [3.05, 3.63) is 107 Å². The molecule has 1 aliphatic heterocycles. The van der Waals surface area contributed by atoms with Crippen LogP contribution in [0.3, 0.4) is 0 Å². The van der Waals surface area contributed by atoms with Crippen LogP contribution in [-0.4, -0.2) is 54.4 Å². The highest BCUT2D eigenvalue weighted by molar-refractivity contribution is 5.95. The number of allylic oxidation sites excluding steroid dienone is 3. The van der Waals surface area contributed by atoms with E-state index in [1.807, 2.05) is 86.7 Å². The number of hydrogen-bond acceptors (Lipinski definition) is 5. The van der Waals surface area contributed by atoms with Gasteiger partial charge in [-0.15, -0.1) is 0 Å². The fourth-order valence-electron chi connectivity index (χ4n) is 5.76. The van der Waals surface area contributed by atoms with Crippen LogP contribution < -0.4 is 11.1 Å². The van der Waals surface area contributed by atoms with E-state index >= 15 is 0 Å². The van der Waals surface area contributed by atoms with E-state index in [9.17, 15) is 22.8 Å². The Kier molecular flexibility index (Phi) is 13.3. The summed E-state index contributed by atoms with van der Waals surface area (Å²) in [5.41, 5.74) is 6.19. The monoisotopic (exact) mass is 681 g/mol. The van der Waals surface area contributed by atoms with Crippen molar-refractivity contribution in [2.24, 2.45) is 11.7 Å². The second-order valence-electron chi connectivity index (χ2n) is 13.0. The molecule has 49 heavy (non-hydrogen) atoms. The second-order valence-corrected chi connectivity index (χ2v) is 13.0. The van der Waals surface area contributed by atoms with Gasteiger partial charge < -0.3 is 20.5 Å². The molecule has 0 bridgehead atoms. The summed E-state index contributed by atoms with van der Waals surface area (Å²) >= 11 is 0. The Morgan fingerprint density at radius 3 is 2.20 bits per heavy atom. The zero-order valence-electron chi connectivity index (χ0n) is 29.0. The van der Waals surface area contributed by atoms with Gasteiger partial charge in [0.15, 0.2) is 0 Å². The van der Waals surface area contributed by atoms with Crippen molar-refractivity contribution in [2.45, 2.75) is 103 Å². The van der Waals surface area contributed by atoms with E-state index in [0.717, 1.165) is 24.0 Å². The largest absolute Gasteiger partial charge is 0.445 e. The quantitative estimate of drug-likeness (QED) is 0.279. The highest BCUT2D eigenvalue weighted by Gasteiger charge is 2.46. The number of alkyl halides is 3. The molecule has 2 aromatic rings. The molecule has 0 radical (unpaired) electrons. The summed E-state index contributed by atoms with van der Waals surface area (Å²) in [6.45, 7) is 7.46. The Labute approximate surface area is 288 Å². The third-order valence-corrected chi connectivity index (χ3v) is 8.98. The highest BCUT2D eigenvalue weighted by atomic mass is 19.4. The zero-order chi connectivity index (χ0) is 35.6. The van der Waals surface area contributed by atoms with Crippen LogP contribution in [0.4, 0.5) is 18.0 Å². The van der Waals surface area contributed by atoms with Gasteiger partial charge in [0.05, 0.1) is 24.8 Å². The van der Waals surface area contributed by atoms with E-state index in [1.54, 1.807) is 18.7 Å². The number of hydrogen-bond donors (Lipinski definition) is 2.